The van der Waals surface area contributed by atoms with Crippen LogP contribution in [0, 0.1) is 0 Å². The van der Waals surface area contributed by atoms with E-state index in [0.717, 1.165) is 22.9 Å². The van der Waals surface area contributed by atoms with E-state index < -0.39 is 17.2 Å². The highest BCUT2D eigenvalue weighted by molar-refractivity contribution is 5.78. The molecule has 3 rings (SSSR count). The molecule has 1 heterocycles. The average Bonchev–Trinajstić information content (AvgIpc) is 3.03. The maximum absolute atomic E-state index is 12.5. The average molecular weight is 379 g/mol. The Morgan fingerprint density at radius 1 is 1.11 bits per heavy atom. The minimum absolute atomic E-state index is 0.241. The summed E-state index contributed by atoms with van der Waals surface area (Å²) in [6, 6.07) is 17.3. The third-order valence-electron chi connectivity index (χ3n) is 4.32. The van der Waals surface area contributed by atoms with Crippen molar-refractivity contribution < 1.29 is 14.3 Å². The van der Waals surface area contributed by atoms with Crippen molar-refractivity contribution in [3.8, 4) is 0 Å². The lowest BCUT2D eigenvalue weighted by Crippen LogP contribution is -2.55. The second-order valence-electron chi connectivity index (χ2n) is 7.92. The Balaban J connectivity index is 1.94. The van der Waals surface area contributed by atoms with Gasteiger partial charge in [0.1, 0.15) is 17.4 Å². The molecule has 1 amide bonds. The van der Waals surface area contributed by atoms with Crippen molar-refractivity contribution in [3.63, 3.8) is 0 Å². The van der Waals surface area contributed by atoms with Gasteiger partial charge in [-0.1, -0.05) is 42.5 Å². The van der Waals surface area contributed by atoms with Crippen LogP contribution in [-0.4, -0.2) is 33.1 Å². The Labute approximate surface area is 164 Å². The molecule has 0 saturated carbocycles. The van der Waals surface area contributed by atoms with Crippen LogP contribution in [0.25, 0.3) is 11.0 Å². The molecule has 0 spiro atoms. The zero-order valence-electron chi connectivity index (χ0n) is 16.4. The highest BCUT2D eigenvalue weighted by Gasteiger charge is 2.35. The summed E-state index contributed by atoms with van der Waals surface area (Å²) in [7, 11) is 0. The topological polar surface area (TPSA) is 73.2 Å². The van der Waals surface area contributed by atoms with Gasteiger partial charge in [0.15, 0.2) is 0 Å². The highest BCUT2D eigenvalue weighted by Crippen LogP contribution is 2.20. The number of nitrogens with zero attached hydrogens (tertiary/aromatic N) is 2. The number of aldehydes is 1. The van der Waals surface area contributed by atoms with E-state index in [9.17, 15) is 9.59 Å². The van der Waals surface area contributed by atoms with Crippen molar-refractivity contribution in [1.29, 1.82) is 0 Å². The van der Waals surface area contributed by atoms with Gasteiger partial charge in [0.2, 0.25) is 0 Å². The van der Waals surface area contributed by atoms with Crippen LogP contribution in [-0.2, 0) is 22.5 Å². The summed E-state index contributed by atoms with van der Waals surface area (Å²) in [6.45, 7) is 5.60. The SMILES string of the molecule is CC(C)(C)OC(=O)NC(C=O)(Cc1ccccc1)Cn1cnc2ccccc21. The van der Waals surface area contributed by atoms with Gasteiger partial charge in [0, 0.05) is 6.42 Å². The molecule has 0 radical (unpaired) electrons. The Morgan fingerprint density at radius 3 is 2.46 bits per heavy atom. The second-order valence-corrected chi connectivity index (χ2v) is 7.92. The van der Waals surface area contributed by atoms with Gasteiger partial charge in [-0.15, -0.1) is 0 Å². The number of amides is 1. The molecular formula is C22H25N3O3. The lowest BCUT2D eigenvalue weighted by atomic mass is 9.92. The standard InChI is InChI=1S/C22H25N3O3/c1-21(2,3)28-20(27)24-22(15-26,13-17-9-5-4-6-10-17)14-25-16-23-18-11-7-8-12-19(18)25/h4-12,15-16H,13-14H2,1-3H3,(H,24,27). The second kappa shape index (κ2) is 7.84. The minimum Gasteiger partial charge on any atom is -0.444 e. The quantitative estimate of drug-likeness (QED) is 0.662. The molecule has 1 unspecified atom stereocenters. The summed E-state index contributed by atoms with van der Waals surface area (Å²) < 4.78 is 7.28. The number of fused-ring (bicyclic) bond motifs is 1. The number of imidazole rings is 1. The molecule has 1 N–H and O–H groups in total. The van der Waals surface area contributed by atoms with E-state index in [-0.39, 0.29) is 6.54 Å². The van der Waals surface area contributed by atoms with Crippen LogP contribution >= 0.6 is 0 Å². The van der Waals surface area contributed by atoms with Crippen LogP contribution < -0.4 is 5.32 Å². The number of ether oxygens (including phenoxy) is 1. The smallest absolute Gasteiger partial charge is 0.408 e. The third kappa shape index (κ3) is 4.76. The van der Waals surface area contributed by atoms with Crippen LogP contribution in [0.15, 0.2) is 60.9 Å². The van der Waals surface area contributed by atoms with Crippen molar-refractivity contribution in [2.45, 2.75) is 44.9 Å². The van der Waals surface area contributed by atoms with E-state index in [1.165, 1.54) is 0 Å². The van der Waals surface area contributed by atoms with E-state index in [4.69, 9.17) is 4.74 Å². The van der Waals surface area contributed by atoms with Gasteiger partial charge in [-0.3, -0.25) is 0 Å². The Morgan fingerprint density at radius 2 is 1.79 bits per heavy atom. The molecule has 6 nitrogen and oxygen atoms in total. The fraction of sp³-hybridized carbons (Fsp3) is 0.318. The summed E-state index contributed by atoms with van der Waals surface area (Å²) in [6.07, 6.45) is 2.19. The van der Waals surface area contributed by atoms with Crippen molar-refractivity contribution in [3.05, 3.63) is 66.5 Å². The fourth-order valence-corrected chi connectivity index (χ4v) is 3.16. The summed E-state index contributed by atoms with van der Waals surface area (Å²) in [5.41, 5.74) is 0.836. The Kier molecular flexibility index (Phi) is 5.49. The molecule has 0 fully saturated rings. The van der Waals surface area contributed by atoms with Gasteiger partial charge in [0.05, 0.1) is 23.9 Å². The molecule has 1 atom stereocenters. The van der Waals surface area contributed by atoms with Crippen LogP contribution in [0.3, 0.4) is 0 Å². The molecule has 28 heavy (non-hydrogen) atoms. The van der Waals surface area contributed by atoms with Crippen LogP contribution in [0.2, 0.25) is 0 Å². The summed E-state index contributed by atoms with van der Waals surface area (Å²) >= 11 is 0. The Bertz CT molecular complexity index is 960. The first-order valence-electron chi connectivity index (χ1n) is 9.22. The molecule has 0 aliphatic carbocycles. The first-order chi connectivity index (χ1) is 13.3. The molecule has 2 aromatic carbocycles. The molecule has 0 aliphatic heterocycles. The number of rotatable bonds is 6. The van der Waals surface area contributed by atoms with E-state index in [1.807, 2.05) is 59.2 Å². The van der Waals surface area contributed by atoms with Gasteiger partial charge < -0.3 is 19.4 Å². The fourth-order valence-electron chi connectivity index (χ4n) is 3.16. The number of carbonyl (C=O) groups is 2. The number of para-hydroxylation sites is 2. The lowest BCUT2D eigenvalue weighted by molar-refractivity contribution is -0.114. The maximum Gasteiger partial charge on any atom is 0.408 e. The lowest BCUT2D eigenvalue weighted by Gasteiger charge is -2.31. The molecule has 146 valence electrons. The number of hydrogen-bond acceptors (Lipinski definition) is 4. The molecular weight excluding hydrogens is 354 g/mol. The van der Waals surface area contributed by atoms with Crippen molar-refractivity contribution in [1.82, 2.24) is 14.9 Å². The maximum atomic E-state index is 12.5. The number of carbonyl (C=O) groups excluding carboxylic acids is 2. The van der Waals surface area contributed by atoms with Gasteiger partial charge in [-0.05, 0) is 38.5 Å². The number of nitrogens with one attached hydrogen (secondary N) is 1. The van der Waals surface area contributed by atoms with Crippen molar-refractivity contribution in [2.75, 3.05) is 0 Å². The summed E-state index contributed by atoms with van der Waals surface area (Å²) in [5, 5.41) is 2.81. The Hall–Kier alpha value is -3.15. The normalized spacial score (nSPS) is 13.7. The molecule has 3 aromatic rings. The van der Waals surface area contributed by atoms with Crippen LogP contribution in [0.1, 0.15) is 26.3 Å². The molecule has 6 heteroatoms. The predicted molar refractivity (Wildman–Crippen MR) is 108 cm³/mol. The molecule has 0 bridgehead atoms. The monoisotopic (exact) mass is 379 g/mol. The number of benzene rings is 2. The van der Waals surface area contributed by atoms with Gasteiger partial charge in [-0.25, -0.2) is 9.78 Å². The predicted octanol–water partition coefficient (Wildman–Crippen LogP) is 3.74. The van der Waals surface area contributed by atoms with Crippen molar-refractivity contribution >= 4 is 23.4 Å². The van der Waals surface area contributed by atoms with Gasteiger partial charge >= 0.3 is 6.09 Å². The largest absolute Gasteiger partial charge is 0.444 e. The van der Waals surface area contributed by atoms with Gasteiger partial charge in [-0.2, -0.15) is 0 Å². The molecule has 0 aliphatic rings. The van der Waals surface area contributed by atoms with E-state index in [1.54, 1.807) is 27.1 Å². The number of aromatic nitrogens is 2. The van der Waals surface area contributed by atoms with E-state index in [0.29, 0.717) is 6.42 Å². The highest BCUT2D eigenvalue weighted by atomic mass is 16.6. The van der Waals surface area contributed by atoms with Crippen molar-refractivity contribution in [2.24, 2.45) is 0 Å². The van der Waals surface area contributed by atoms with Crippen LogP contribution in [0.4, 0.5) is 4.79 Å². The first kappa shape index (κ1) is 19.6. The zero-order chi connectivity index (χ0) is 20.2. The summed E-state index contributed by atoms with van der Waals surface area (Å²) in [5.74, 6) is 0. The minimum atomic E-state index is -1.17. The van der Waals surface area contributed by atoms with Gasteiger partial charge in [0.25, 0.3) is 0 Å². The third-order valence-corrected chi connectivity index (χ3v) is 4.32. The van der Waals surface area contributed by atoms with E-state index in [2.05, 4.69) is 10.3 Å². The van der Waals surface area contributed by atoms with Crippen LogP contribution in [0.5, 0.6) is 0 Å². The first-order valence-corrected chi connectivity index (χ1v) is 9.22. The molecule has 1 aromatic heterocycles. The summed E-state index contributed by atoms with van der Waals surface area (Å²) in [4.78, 5) is 29.2. The number of alkyl carbamates (subject to hydrolysis) is 1. The zero-order valence-corrected chi connectivity index (χ0v) is 16.4. The number of hydrogen-bond donors (Lipinski definition) is 1. The van der Waals surface area contributed by atoms with E-state index >= 15 is 0 Å². The molecule has 0 saturated heterocycles.